The van der Waals surface area contributed by atoms with Crippen molar-refractivity contribution in [3.05, 3.63) is 87.3 Å². The highest BCUT2D eigenvalue weighted by atomic mass is 32.2. The topological polar surface area (TPSA) is 88.8 Å². The highest BCUT2D eigenvalue weighted by molar-refractivity contribution is 7.38. The molecule has 0 radical (unpaired) electrons. The third-order valence-corrected chi connectivity index (χ3v) is 9.39. The number of amides is 1. The lowest BCUT2D eigenvalue weighted by molar-refractivity contribution is -0.139. The molecule has 0 aliphatic heterocycles. The summed E-state index contributed by atoms with van der Waals surface area (Å²) in [5, 5.41) is 14.2. The number of fused-ring (bicyclic) bond motifs is 2. The van der Waals surface area contributed by atoms with Gasteiger partial charge in [-0.1, -0.05) is 36.4 Å². The van der Waals surface area contributed by atoms with Gasteiger partial charge in [-0.2, -0.15) is 0 Å². The zero-order valence-electron chi connectivity index (χ0n) is 20.7. The Morgan fingerprint density at radius 3 is 2.58 bits per heavy atom. The number of carbonyl (C=O) groups is 2. The quantitative estimate of drug-likeness (QED) is 0.221. The number of hydrogen-bond donors (Lipinski definition) is 2. The molecule has 3 aromatic heterocycles. The molecule has 1 saturated carbocycles. The number of aryl methyl sites for hydroxylation is 1. The van der Waals surface area contributed by atoms with Gasteiger partial charge < -0.3 is 14.3 Å². The minimum absolute atomic E-state index is 0.340. The van der Waals surface area contributed by atoms with Crippen molar-refractivity contribution in [1.29, 1.82) is 0 Å². The minimum atomic E-state index is -0.747. The van der Waals surface area contributed by atoms with Crippen LogP contribution in [0, 0.1) is 18.8 Å². The van der Waals surface area contributed by atoms with Gasteiger partial charge in [0, 0.05) is 15.6 Å². The van der Waals surface area contributed by atoms with Gasteiger partial charge in [-0.15, -0.1) is 22.7 Å². The maximum atomic E-state index is 12.9. The van der Waals surface area contributed by atoms with Gasteiger partial charge in [-0.25, -0.2) is 4.79 Å². The number of rotatable bonds is 5. The molecule has 5 aromatic rings. The van der Waals surface area contributed by atoms with E-state index in [9.17, 15) is 14.7 Å². The Bertz CT molecular complexity index is 1740. The van der Waals surface area contributed by atoms with Gasteiger partial charge in [0.05, 0.1) is 8.89 Å². The Labute approximate surface area is 226 Å². The predicted molar refractivity (Wildman–Crippen MR) is 150 cm³/mol. The predicted octanol–water partition coefficient (Wildman–Crippen LogP) is 7.84. The van der Waals surface area contributed by atoms with Gasteiger partial charge >= 0.3 is 12.1 Å². The molecule has 1 unspecified atom stereocenters. The molecule has 190 valence electrons. The van der Waals surface area contributed by atoms with Crippen LogP contribution in [0.4, 0.5) is 10.5 Å². The Morgan fingerprint density at radius 1 is 1.08 bits per heavy atom. The molecule has 1 amide bonds. The molecule has 0 bridgehead atoms. The highest BCUT2D eigenvalue weighted by Crippen LogP contribution is 2.52. The van der Waals surface area contributed by atoms with Crippen LogP contribution >= 0.6 is 22.7 Å². The van der Waals surface area contributed by atoms with Crippen LogP contribution in [-0.4, -0.2) is 17.2 Å². The lowest BCUT2D eigenvalue weighted by Crippen LogP contribution is -2.17. The fraction of sp³-hybridized carbons (Fsp3) is 0.200. The maximum Gasteiger partial charge on any atom is 0.412 e. The molecule has 38 heavy (non-hydrogen) atoms. The number of hydrogen-bond acceptors (Lipinski definition) is 6. The summed E-state index contributed by atoms with van der Waals surface area (Å²) in [6.07, 6.45) is 0.365. The van der Waals surface area contributed by atoms with Crippen LogP contribution in [-0.2, 0) is 14.9 Å². The summed E-state index contributed by atoms with van der Waals surface area (Å²) >= 11 is 3.06. The van der Waals surface area contributed by atoms with E-state index in [1.165, 1.54) is 22.7 Å². The molecular formula is C30H23NO5S2. The Hall–Kier alpha value is -4.06. The minimum Gasteiger partial charge on any atom is -0.481 e. The van der Waals surface area contributed by atoms with Gasteiger partial charge in [0.15, 0.2) is 0 Å². The summed E-state index contributed by atoms with van der Waals surface area (Å²) < 4.78 is 12.7. The van der Waals surface area contributed by atoms with Gasteiger partial charge in [0.1, 0.15) is 22.8 Å². The van der Waals surface area contributed by atoms with E-state index in [-0.39, 0.29) is 0 Å². The van der Waals surface area contributed by atoms with Crippen molar-refractivity contribution in [2.75, 3.05) is 5.32 Å². The molecular weight excluding hydrogens is 518 g/mol. The van der Waals surface area contributed by atoms with Crippen molar-refractivity contribution in [2.24, 2.45) is 0 Å². The first kappa shape index (κ1) is 24.3. The van der Waals surface area contributed by atoms with Crippen LogP contribution in [0.25, 0.3) is 20.4 Å². The number of ether oxygens (including phenoxy) is 1. The van der Waals surface area contributed by atoms with E-state index in [0.717, 1.165) is 35.7 Å². The first-order chi connectivity index (χ1) is 18.3. The molecule has 6 rings (SSSR count). The van der Waals surface area contributed by atoms with E-state index in [1.54, 1.807) is 0 Å². The number of carbonyl (C=O) groups excluding carboxylic acids is 1. The van der Waals surface area contributed by atoms with Crippen molar-refractivity contribution in [1.82, 2.24) is 0 Å². The number of para-hydroxylation sites is 1. The summed E-state index contributed by atoms with van der Waals surface area (Å²) in [6.45, 7) is 3.82. The lowest BCUT2D eigenvalue weighted by Gasteiger charge is -2.16. The molecule has 3 heterocycles. The van der Waals surface area contributed by atoms with Gasteiger partial charge in [-0.3, -0.25) is 10.1 Å². The van der Waals surface area contributed by atoms with Crippen molar-refractivity contribution in [2.45, 2.75) is 38.2 Å². The second-order valence-corrected chi connectivity index (χ2v) is 11.8. The van der Waals surface area contributed by atoms with Crippen LogP contribution in [0.5, 0.6) is 0 Å². The molecule has 1 aliphatic carbocycles. The molecule has 0 spiro atoms. The van der Waals surface area contributed by atoms with Gasteiger partial charge in [0.2, 0.25) is 5.76 Å². The molecule has 6 nitrogen and oxygen atoms in total. The van der Waals surface area contributed by atoms with E-state index >= 15 is 0 Å². The zero-order chi connectivity index (χ0) is 26.4. The molecule has 1 aliphatic rings. The van der Waals surface area contributed by atoms with Crippen LogP contribution in [0.15, 0.2) is 65.1 Å². The monoisotopic (exact) mass is 541 g/mol. The Balaban J connectivity index is 1.26. The standard InChI is InChI=1S/C30H23NO5S2/c1-17-7-3-4-8-21(17)18(2)35-29(34)31-26-22-9-5-6-10-23(22)36-24(26)12-11-20-15-19-16-25(38-27(19)37-20)30(13-14-30)28(32)33/h3-10,15-16,18H,13-14H2,1-2H3,(H,31,34)(H,32,33). The van der Waals surface area contributed by atoms with Crippen LogP contribution in [0.3, 0.4) is 0 Å². The van der Waals surface area contributed by atoms with Crippen LogP contribution in [0.1, 0.15) is 52.5 Å². The maximum absolute atomic E-state index is 12.9. The fourth-order valence-electron chi connectivity index (χ4n) is 4.60. The summed E-state index contributed by atoms with van der Waals surface area (Å²) in [6, 6.07) is 19.2. The SMILES string of the molecule is Cc1ccccc1C(C)OC(=O)Nc1c(C#Cc2cc3cc(C4(C(=O)O)CC4)sc3s2)oc2ccccc12. The molecule has 0 saturated heterocycles. The van der Waals surface area contributed by atoms with E-state index < -0.39 is 23.6 Å². The number of nitrogens with one attached hydrogen (secondary N) is 1. The van der Waals surface area contributed by atoms with Crippen LogP contribution in [0.2, 0.25) is 0 Å². The number of aliphatic carboxylic acids is 1. The van der Waals surface area contributed by atoms with Crippen molar-refractivity contribution >= 4 is 60.8 Å². The van der Waals surface area contributed by atoms with Crippen LogP contribution < -0.4 is 5.32 Å². The normalized spacial score (nSPS) is 14.6. The number of benzene rings is 2. The second-order valence-electron chi connectivity index (χ2n) is 9.43. The van der Waals surface area contributed by atoms with E-state index in [1.807, 2.05) is 74.5 Å². The third kappa shape index (κ3) is 4.34. The first-order valence-electron chi connectivity index (χ1n) is 12.2. The number of furan rings is 1. The first-order valence-corrected chi connectivity index (χ1v) is 13.8. The summed E-state index contributed by atoms with van der Waals surface area (Å²) in [7, 11) is 0. The third-order valence-electron chi connectivity index (χ3n) is 6.88. The number of carboxylic acid groups (broad SMARTS) is 1. The zero-order valence-corrected chi connectivity index (χ0v) is 22.3. The van der Waals surface area contributed by atoms with Crippen molar-refractivity contribution in [3.63, 3.8) is 0 Å². The van der Waals surface area contributed by atoms with Gasteiger partial charge in [0.25, 0.3) is 0 Å². The number of anilines is 1. The Kier molecular flexibility index (Phi) is 5.98. The summed E-state index contributed by atoms with van der Waals surface area (Å²) in [5.74, 6) is 5.83. The largest absolute Gasteiger partial charge is 0.481 e. The van der Waals surface area contributed by atoms with Crippen molar-refractivity contribution in [3.8, 4) is 11.8 Å². The smallest absolute Gasteiger partial charge is 0.412 e. The van der Waals surface area contributed by atoms with E-state index in [4.69, 9.17) is 9.15 Å². The fourth-order valence-corrected chi connectivity index (χ4v) is 7.14. The van der Waals surface area contributed by atoms with Crippen molar-refractivity contribution < 1.29 is 23.8 Å². The number of carboxylic acids is 1. The molecule has 1 fully saturated rings. The van der Waals surface area contributed by atoms with Gasteiger partial charge in [-0.05, 0) is 73.9 Å². The second kappa shape index (κ2) is 9.35. The summed E-state index contributed by atoms with van der Waals surface area (Å²) in [4.78, 5) is 26.3. The Morgan fingerprint density at radius 2 is 1.84 bits per heavy atom. The molecule has 8 heteroatoms. The lowest BCUT2D eigenvalue weighted by atomic mass is 10.1. The average Bonchev–Trinajstić information content (AvgIpc) is 3.32. The summed E-state index contributed by atoms with van der Waals surface area (Å²) in [5.41, 5.74) is 2.37. The van der Waals surface area contributed by atoms with E-state index in [2.05, 4.69) is 17.2 Å². The molecule has 2 aromatic carbocycles. The molecule has 1 atom stereocenters. The van der Waals surface area contributed by atoms with E-state index in [0.29, 0.717) is 29.9 Å². The average molecular weight is 542 g/mol. The molecule has 2 N–H and O–H groups in total. The highest BCUT2D eigenvalue weighted by Gasteiger charge is 2.53. The number of thiophene rings is 2.